The van der Waals surface area contributed by atoms with Gasteiger partial charge in [0.1, 0.15) is 59.6 Å². The summed E-state index contributed by atoms with van der Waals surface area (Å²) in [5.74, 6) is -2.18. The maximum Gasteiger partial charge on any atom is 0.229 e. The van der Waals surface area contributed by atoms with Gasteiger partial charge in [-0.1, -0.05) is 0 Å². The standard InChI is InChI=1S/C27H32O16/c1-38-16-3-9(2-13(31)19(16)33)24-17(6-11-12(30)4-10(29)5-15(11)40-24)41-27-25(22(36)21(35)18(7-28)42-27)43-26-23(37)20(34)14(32)8-39-26/h2-6,14,18,20-37H,7-8H2,1H3/t14-,18+,20+,21+,22-,23+,24?,25+,26+,27+/m0/s1. The average molecular weight is 613 g/mol. The van der Waals surface area contributed by atoms with Gasteiger partial charge in [-0.15, -0.1) is 0 Å². The highest BCUT2D eigenvalue weighted by Gasteiger charge is 2.50. The molecule has 2 aromatic rings. The zero-order valence-corrected chi connectivity index (χ0v) is 22.5. The minimum absolute atomic E-state index is 0.00582. The second kappa shape index (κ2) is 12.2. The molecular weight excluding hydrogens is 580 g/mol. The molecule has 16 heteroatoms. The first-order valence-electron chi connectivity index (χ1n) is 13.1. The second-order valence-electron chi connectivity index (χ2n) is 10.2. The molecule has 0 amide bonds. The van der Waals surface area contributed by atoms with Gasteiger partial charge < -0.3 is 79.5 Å². The number of hydrogen-bond acceptors (Lipinski definition) is 16. The van der Waals surface area contributed by atoms with Crippen LogP contribution in [0.5, 0.6) is 34.5 Å². The van der Waals surface area contributed by atoms with Gasteiger partial charge in [0.2, 0.25) is 12.0 Å². The van der Waals surface area contributed by atoms with Gasteiger partial charge >= 0.3 is 0 Å². The van der Waals surface area contributed by atoms with E-state index in [0.29, 0.717) is 0 Å². The Hall–Kier alpha value is -3.58. The highest BCUT2D eigenvalue weighted by atomic mass is 16.8. The minimum atomic E-state index is -1.81. The third kappa shape index (κ3) is 5.84. The molecule has 10 atom stereocenters. The van der Waals surface area contributed by atoms with Crippen LogP contribution in [-0.4, -0.2) is 127 Å². The van der Waals surface area contributed by atoms with E-state index in [4.69, 9.17) is 28.4 Å². The molecule has 0 aliphatic carbocycles. The van der Waals surface area contributed by atoms with Gasteiger partial charge in [0.15, 0.2) is 30.0 Å². The van der Waals surface area contributed by atoms with Crippen LogP contribution in [-0.2, 0) is 18.9 Å². The topological polar surface area (TPSA) is 258 Å². The number of aliphatic hydroxyl groups is 6. The number of methoxy groups -OCH3 is 1. The fourth-order valence-electron chi connectivity index (χ4n) is 4.98. The number of phenols is 4. The Labute approximate surface area is 243 Å². The summed E-state index contributed by atoms with van der Waals surface area (Å²) in [4.78, 5) is 0. The zero-order chi connectivity index (χ0) is 31.2. The summed E-state index contributed by atoms with van der Waals surface area (Å²) < 4.78 is 33.9. The molecule has 2 fully saturated rings. The van der Waals surface area contributed by atoms with Crippen molar-refractivity contribution < 1.29 is 79.5 Å². The van der Waals surface area contributed by atoms with Crippen molar-refractivity contribution in [2.75, 3.05) is 20.3 Å². The molecule has 0 aromatic heterocycles. The highest BCUT2D eigenvalue weighted by molar-refractivity contribution is 5.70. The predicted octanol–water partition coefficient (Wildman–Crippen LogP) is -1.73. The van der Waals surface area contributed by atoms with Gasteiger partial charge in [0.25, 0.3) is 0 Å². The highest BCUT2D eigenvalue weighted by Crippen LogP contribution is 2.47. The number of fused-ring (bicyclic) bond motifs is 1. The molecule has 3 heterocycles. The number of ether oxygens (including phenoxy) is 6. The van der Waals surface area contributed by atoms with Crippen molar-refractivity contribution in [3.8, 4) is 34.5 Å². The van der Waals surface area contributed by atoms with E-state index in [9.17, 15) is 51.1 Å². The molecule has 5 rings (SSSR count). The van der Waals surface area contributed by atoms with Crippen molar-refractivity contribution in [1.29, 1.82) is 0 Å². The maximum atomic E-state index is 10.9. The normalized spacial score (nSPS) is 34.1. The van der Waals surface area contributed by atoms with Gasteiger partial charge in [-0.05, 0) is 18.2 Å². The van der Waals surface area contributed by atoms with Crippen LogP contribution >= 0.6 is 0 Å². The fourth-order valence-corrected chi connectivity index (χ4v) is 4.98. The summed E-state index contributed by atoms with van der Waals surface area (Å²) in [5.41, 5.74) is 0.192. The molecule has 0 spiro atoms. The molecule has 0 radical (unpaired) electrons. The number of rotatable bonds is 7. The summed E-state index contributed by atoms with van der Waals surface area (Å²) in [6.07, 6.45) is -14.7. The third-order valence-electron chi connectivity index (χ3n) is 7.32. The molecule has 2 aromatic carbocycles. The zero-order valence-electron chi connectivity index (χ0n) is 22.5. The van der Waals surface area contributed by atoms with Crippen LogP contribution in [0, 0.1) is 0 Å². The number of hydrogen-bond donors (Lipinski definition) is 10. The Morgan fingerprint density at radius 1 is 0.860 bits per heavy atom. The first-order valence-corrected chi connectivity index (χ1v) is 13.1. The molecule has 1 unspecified atom stereocenters. The van der Waals surface area contributed by atoms with Crippen molar-refractivity contribution in [3.05, 3.63) is 41.2 Å². The van der Waals surface area contributed by atoms with Crippen molar-refractivity contribution >= 4 is 6.08 Å². The van der Waals surface area contributed by atoms with Gasteiger partial charge in [-0.25, -0.2) is 0 Å². The number of benzene rings is 2. The number of phenolic OH excluding ortho intramolecular Hbond substituents is 4. The summed E-state index contributed by atoms with van der Waals surface area (Å²) >= 11 is 0. The van der Waals surface area contributed by atoms with Crippen molar-refractivity contribution in [1.82, 2.24) is 0 Å². The van der Waals surface area contributed by atoms with Crippen LogP contribution in [0.1, 0.15) is 17.2 Å². The molecule has 236 valence electrons. The van der Waals surface area contributed by atoms with E-state index in [2.05, 4.69) is 0 Å². The Morgan fingerprint density at radius 3 is 2.30 bits per heavy atom. The average Bonchev–Trinajstić information content (AvgIpc) is 2.97. The predicted molar refractivity (Wildman–Crippen MR) is 139 cm³/mol. The summed E-state index contributed by atoms with van der Waals surface area (Å²) in [5, 5.41) is 102. The van der Waals surface area contributed by atoms with Crippen LogP contribution < -0.4 is 9.47 Å². The lowest BCUT2D eigenvalue weighted by molar-refractivity contribution is -0.352. The molecule has 43 heavy (non-hydrogen) atoms. The van der Waals surface area contributed by atoms with E-state index in [0.717, 1.165) is 12.1 Å². The lowest BCUT2D eigenvalue weighted by Gasteiger charge is -2.45. The molecule has 2 saturated heterocycles. The largest absolute Gasteiger partial charge is 0.508 e. The van der Waals surface area contributed by atoms with Crippen LogP contribution in [0.2, 0.25) is 0 Å². The molecule has 0 saturated carbocycles. The molecular formula is C27H32O16. The Kier molecular flexibility index (Phi) is 8.75. The number of aliphatic hydroxyl groups excluding tert-OH is 6. The van der Waals surface area contributed by atoms with E-state index in [1.165, 1.54) is 25.3 Å². The second-order valence-corrected chi connectivity index (χ2v) is 10.2. The fraction of sp³-hybridized carbons (Fsp3) is 0.481. The lowest BCUT2D eigenvalue weighted by Crippen LogP contribution is -2.63. The maximum absolute atomic E-state index is 10.9. The van der Waals surface area contributed by atoms with Gasteiger partial charge in [0.05, 0.1) is 25.9 Å². The van der Waals surface area contributed by atoms with E-state index in [-0.39, 0.29) is 34.1 Å². The van der Waals surface area contributed by atoms with Gasteiger partial charge in [0, 0.05) is 17.7 Å². The summed E-state index contributed by atoms with van der Waals surface area (Å²) in [7, 11) is 1.25. The van der Waals surface area contributed by atoms with E-state index in [1.54, 1.807) is 0 Å². The monoisotopic (exact) mass is 612 g/mol. The molecule has 0 bridgehead atoms. The minimum Gasteiger partial charge on any atom is -0.508 e. The molecule has 3 aliphatic heterocycles. The summed E-state index contributed by atoms with van der Waals surface area (Å²) in [6, 6.07) is 4.70. The van der Waals surface area contributed by atoms with Crippen LogP contribution in [0.3, 0.4) is 0 Å². The Morgan fingerprint density at radius 2 is 1.60 bits per heavy atom. The Bertz CT molecular complexity index is 1350. The van der Waals surface area contributed by atoms with Crippen LogP contribution in [0.4, 0.5) is 0 Å². The van der Waals surface area contributed by atoms with Crippen LogP contribution in [0.25, 0.3) is 6.08 Å². The van der Waals surface area contributed by atoms with Gasteiger partial charge in [-0.2, -0.15) is 0 Å². The first kappa shape index (κ1) is 30.9. The first-order chi connectivity index (χ1) is 20.4. The molecule has 16 nitrogen and oxygen atoms in total. The number of aromatic hydroxyl groups is 4. The Balaban J connectivity index is 1.54. The molecule has 3 aliphatic rings. The van der Waals surface area contributed by atoms with Crippen molar-refractivity contribution in [2.24, 2.45) is 0 Å². The van der Waals surface area contributed by atoms with E-state index in [1.807, 2.05) is 0 Å². The summed E-state index contributed by atoms with van der Waals surface area (Å²) in [6.45, 7) is -1.20. The van der Waals surface area contributed by atoms with Gasteiger partial charge in [-0.3, -0.25) is 0 Å². The van der Waals surface area contributed by atoms with Crippen LogP contribution in [0.15, 0.2) is 30.0 Å². The van der Waals surface area contributed by atoms with Crippen molar-refractivity contribution in [2.45, 2.75) is 61.4 Å². The smallest absolute Gasteiger partial charge is 0.229 e. The SMILES string of the molecule is COc1cc(C2Oc3cc(O)cc(O)c3C=C2O[C@@H]2O[C@H](CO)[C@@H](O)[C@H](O)[C@H]2O[C@H]2OC[C@H](O)[C@@H](O)[C@H]2O)cc(O)c1O. The molecule has 10 N–H and O–H groups in total. The van der Waals surface area contributed by atoms with E-state index >= 15 is 0 Å². The van der Waals surface area contributed by atoms with E-state index < -0.39 is 91.9 Å². The lowest BCUT2D eigenvalue weighted by atomic mass is 9.97. The third-order valence-corrected chi connectivity index (χ3v) is 7.32. The quantitative estimate of drug-likeness (QED) is 0.156. The van der Waals surface area contributed by atoms with Crippen molar-refractivity contribution in [3.63, 3.8) is 0 Å².